The first kappa shape index (κ1) is 9.96. The van der Waals surface area contributed by atoms with Crippen LogP contribution in [-0.2, 0) is 0 Å². The first-order valence-electron chi connectivity index (χ1n) is 4.88. The van der Waals surface area contributed by atoms with Crippen molar-refractivity contribution in [3.63, 3.8) is 0 Å². The van der Waals surface area contributed by atoms with Crippen LogP contribution in [0.25, 0.3) is 0 Å². The fourth-order valence-corrected chi connectivity index (χ4v) is 1.80. The number of rotatable bonds is 4. The normalized spacial score (nSPS) is 32.2. The lowest BCUT2D eigenvalue weighted by Gasteiger charge is -2.19. The first-order chi connectivity index (χ1) is 5.76. The van der Waals surface area contributed by atoms with Gasteiger partial charge in [-0.2, -0.15) is 0 Å². The van der Waals surface area contributed by atoms with Gasteiger partial charge in [0.05, 0.1) is 6.61 Å². The molecule has 0 amide bonds. The Morgan fingerprint density at radius 1 is 1.58 bits per heavy atom. The molecule has 1 rings (SSSR count). The predicted octanol–water partition coefficient (Wildman–Crippen LogP) is 0.227. The van der Waals surface area contributed by atoms with Crippen molar-refractivity contribution in [1.29, 1.82) is 0 Å². The summed E-state index contributed by atoms with van der Waals surface area (Å²) in [7, 11) is 0. The Morgan fingerprint density at radius 2 is 2.33 bits per heavy atom. The highest BCUT2D eigenvalue weighted by Gasteiger charge is 2.22. The van der Waals surface area contributed by atoms with Gasteiger partial charge in [0.1, 0.15) is 0 Å². The lowest BCUT2D eigenvalue weighted by atomic mass is 10.1. The largest absolute Gasteiger partial charge is 0.395 e. The predicted molar refractivity (Wildman–Crippen MR) is 49.9 cm³/mol. The minimum Gasteiger partial charge on any atom is -0.395 e. The highest BCUT2D eigenvalue weighted by Crippen LogP contribution is 2.17. The van der Waals surface area contributed by atoms with Gasteiger partial charge in [-0.15, -0.1) is 0 Å². The van der Waals surface area contributed by atoms with E-state index in [4.69, 9.17) is 10.8 Å². The Balaban J connectivity index is 2.21. The molecule has 2 unspecified atom stereocenters. The van der Waals surface area contributed by atoms with E-state index in [0.29, 0.717) is 12.1 Å². The zero-order valence-electron chi connectivity index (χ0n) is 7.79. The summed E-state index contributed by atoms with van der Waals surface area (Å²) in [4.78, 5) is 0. The molecule has 0 heterocycles. The van der Waals surface area contributed by atoms with E-state index in [-0.39, 0.29) is 12.6 Å². The van der Waals surface area contributed by atoms with Crippen LogP contribution < -0.4 is 11.1 Å². The molecule has 3 heteroatoms. The van der Waals surface area contributed by atoms with Gasteiger partial charge in [-0.05, 0) is 25.7 Å². The number of aliphatic hydroxyl groups is 1. The summed E-state index contributed by atoms with van der Waals surface area (Å²) < 4.78 is 0. The van der Waals surface area contributed by atoms with Gasteiger partial charge in [-0.25, -0.2) is 0 Å². The maximum Gasteiger partial charge on any atom is 0.0584 e. The minimum atomic E-state index is 0.238. The summed E-state index contributed by atoms with van der Waals surface area (Å²) in [6.07, 6.45) is 4.34. The summed E-state index contributed by atoms with van der Waals surface area (Å²) in [6, 6.07) is 1.18. The fourth-order valence-electron chi connectivity index (χ4n) is 1.80. The highest BCUT2D eigenvalue weighted by atomic mass is 16.3. The highest BCUT2D eigenvalue weighted by molar-refractivity contribution is 4.84. The zero-order chi connectivity index (χ0) is 8.97. The molecule has 0 aromatic carbocycles. The molecule has 0 saturated heterocycles. The van der Waals surface area contributed by atoms with Crippen molar-refractivity contribution in [2.24, 2.45) is 5.73 Å². The van der Waals surface area contributed by atoms with Crippen LogP contribution in [0.15, 0.2) is 0 Å². The molecular weight excluding hydrogens is 152 g/mol. The number of nitrogens with one attached hydrogen (secondary N) is 1. The van der Waals surface area contributed by atoms with Gasteiger partial charge >= 0.3 is 0 Å². The van der Waals surface area contributed by atoms with E-state index in [0.717, 1.165) is 25.7 Å². The molecule has 1 fully saturated rings. The van der Waals surface area contributed by atoms with Crippen molar-refractivity contribution < 1.29 is 5.11 Å². The smallest absolute Gasteiger partial charge is 0.0584 e. The fraction of sp³-hybridized carbons (Fsp3) is 1.00. The molecule has 0 aromatic heterocycles. The second-order valence-electron chi connectivity index (χ2n) is 3.72. The van der Waals surface area contributed by atoms with Crippen molar-refractivity contribution in [2.45, 2.75) is 50.7 Å². The van der Waals surface area contributed by atoms with E-state index in [1.54, 1.807) is 0 Å². The average molecular weight is 172 g/mol. The second kappa shape index (κ2) is 4.80. The number of hydrogen-bond acceptors (Lipinski definition) is 3. The molecule has 3 nitrogen and oxygen atoms in total. The van der Waals surface area contributed by atoms with E-state index in [1.807, 2.05) is 0 Å². The third kappa shape index (κ3) is 2.73. The van der Waals surface area contributed by atoms with Gasteiger partial charge in [0.25, 0.3) is 0 Å². The third-order valence-corrected chi connectivity index (χ3v) is 2.66. The van der Waals surface area contributed by atoms with Gasteiger partial charge in [-0.1, -0.05) is 6.92 Å². The Kier molecular flexibility index (Phi) is 3.98. The van der Waals surface area contributed by atoms with E-state index in [9.17, 15) is 0 Å². The summed E-state index contributed by atoms with van der Waals surface area (Å²) in [6.45, 7) is 2.32. The molecule has 72 valence electrons. The monoisotopic (exact) mass is 172 g/mol. The van der Waals surface area contributed by atoms with E-state index >= 15 is 0 Å². The van der Waals surface area contributed by atoms with Crippen LogP contribution in [0, 0.1) is 0 Å². The van der Waals surface area contributed by atoms with Crippen molar-refractivity contribution >= 4 is 0 Å². The molecule has 0 radical (unpaired) electrons. The van der Waals surface area contributed by atoms with Crippen molar-refractivity contribution in [1.82, 2.24) is 5.32 Å². The molecule has 1 saturated carbocycles. The van der Waals surface area contributed by atoms with Crippen LogP contribution in [0.4, 0.5) is 0 Å². The summed E-state index contributed by atoms with van der Waals surface area (Å²) in [5.74, 6) is 0. The van der Waals surface area contributed by atoms with Gasteiger partial charge in [0, 0.05) is 18.1 Å². The maximum absolute atomic E-state index is 8.96. The first-order valence-corrected chi connectivity index (χ1v) is 4.88. The standard InChI is InChI=1S/C9H20N2O/c1-2-8(6-12)11-9-4-3-7(10)5-9/h7-9,11-12H,2-6,10H2,1H3/t7?,8-,9?/m1/s1. The molecule has 12 heavy (non-hydrogen) atoms. The molecule has 0 aliphatic heterocycles. The molecule has 1 aliphatic rings. The quantitative estimate of drug-likeness (QED) is 0.569. The molecule has 0 bridgehead atoms. The van der Waals surface area contributed by atoms with E-state index in [2.05, 4.69) is 12.2 Å². The Morgan fingerprint density at radius 3 is 2.75 bits per heavy atom. The van der Waals surface area contributed by atoms with Gasteiger partial charge in [-0.3, -0.25) is 0 Å². The molecule has 0 spiro atoms. The van der Waals surface area contributed by atoms with Crippen LogP contribution in [0.3, 0.4) is 0 Å². The number of nitrogens with two attached hydrogens (primary N) is 1. The van der Waals surface area contributed by atoms with Crippen LogP contribution in [-0.4, -0.2) is 29.8 Å². The SMILES string of the molecule is CC[C@H](CO)NC1CCC(N)C1. The minimum absolute atomic E-state index is 0.238. The average Bonchev–Trinajstić information content (AvgIpc) is 2.47. The lowest BCUT2D eigenvalue weighted by molar-refractivity contribution is 0.227. The molecule has 3 atom stereocenters. The Labute approximate surface area is 74.3 Å². The van der Waals surface area contributed by atoms with E-state index < -0.39 is 0 Å². The summed E-state index contributed by atoms with van der Waals surface area (Å²) >= 11 is 0. The Bertz CT molecular complexity index is 126. The molecule has 4 N–H and O–H groups in total. The van der Waals surface area contributed by atoms with E-state index in [1.165, 1.54) is 0 Å². The van der Waals surface area contributed by atoms with Crippen LogP contribution >= 0.6 is 0 Å². The lowest BCUT2D eigenvalue weighted by Crippen LogP contribution is -2.39. The molecule has 0 aromatic rings. The van der Waals surface area contributed by atoms with Gasteiger partial charge in [0.15, 0.2) is 0 Å². The van der Waals surface area contributed by atoms with Crippen LogP contribution in [0.1, 0.15) is 32.6 Å². The topological polar surface area (TPSA) is 58.3 Å². The number of hydrogen-bond donors (Lipinski definition) is 3. The van der Waals surface area contributed by atoms with Gasteiger partial charge in [0.2, 0.25) is 0 Å². The summed E-state index contributed by atoms with van der Waals surface area (Å²) in [5, 5.41) is 12.4. The van der Waals surface area contributed by atoms with Crippen molar-refractivity contribution in [2.75, 3.05) is 6.61 Å². The van der Waals surface area contributed by atoms with Crippen molar-refractivity contribution in [3.8, 4) is 0 Å². The van der Waals surface area contributed by atoms with Crippen LogP contribution in [0.2, 0.25) is 0 Å². The number of aliphatic hydroxyl groups excluding tert-OH is 1. The third-order valence-electron chi connectivity index (χ3n) is 2.66. The maximum atomic E-state index is 8.96. The Hall–Kier alpha value is -0.120. The zero-order valence-corrected chi connectivity index (χ0v) is 7.79. The molecule has 1 aliphatic carbocycles. The second-order valence-corrected chi connectivity index (χ2v) is 3.72. The van der Waals surface area contributed by atoms with Gasteiger partial charge < -0.3 is 16.2 Å². The molecular formula is C9H20N2O. The van der Waals surface area contributed by atoms with Crippen LogP contribution in [0.5, 0.6) is 0 Å². The summed E-state index contributed by atoms with van der Waals surface area (Å²) in [5.41, 5.74) is 5.78. The van der Waals surface area contributed by atoms with Crippen molar-refractivity contribution in [3.05, 3.63) is 0 Å².